The van der Waals surface area contributed by atoms with Crippen LogP contribution in [0.5, 0.6) is 0 Å². The first-order chi connectivity index (χ1) is 12.5. The highest BCUT2D eigenvalue weighted by atomic mass is 15.3. The molecule has 4 nitrogen and oxygen atoms in total. The average Bonchev–Trinajstić information content (AvgIpc) is 3.02. The van der Waals surface area contributed by atoms with E-state index >= 15 is 0 Å². The number of anilines is 4. The van der Waals surface area contributed by atoms with Crippen LogP contribution in [0.3, 0.4) is 0 Å². The first-order valence-corrected chi connectivity index (χ1v) is 9.07. The molecule has 0 atom stereocenters. The van der Waals surface area contributed by atoms with Gasteiger partial charge >= 0.3 is 0 Å². The Bertz CT molecular complexity index is 955. The Hall–Kier alpha value is -2.88. The number of aromatic nitrogens is 2. The van der Waals surface area contributed by atoms with Gasteiger partial charge in [0.2, 0.25) is 5.95 Å². The molecule has 4 rings (SSSR count). The molecule has 0 aliphatic carbocycles. The number of nitrogens with zero attached hydrogens (tertiary/aromatic N) is 3. The van der Waals surface area contributed by atoms with E-state index in [0.717, 1.165) is 36.1 Å². The summed E-state index contributed by atoms with van der Waals surface area (Å²) in [6.07, 6.45) is 1.03. The van der Waals surface area contributed by atoms with Crippen molar-refractivity contribution in [3.8, 4) is 0 Å². The molecule has 4 heteroatoms. The van der Waals surface area contributed by atoms with Crippen LogP contribution >= 0.6 is 0 Å². The molecule has 0 saturated carbocycles. The van der Waals surface area contributed by atoms with Gasteiger partial charge in [-0.15, -0.1) is 0 Å². The summed E-state index contributed by atoms with van der Waals surface area (Å²) < 4.78 is 0. The second-order valence-corrected chi connectivity index (χ2v) is 7.12. The Kier molecular flexibility index (Phi) is 4.11. The van der Waals surface area contributed by atoms with Crippen molar-refractivity contribution in [3.63, 3.8) is 0 Å². The Labute approximate surface area is 154 Å². The zero-order chi connectivity index (χ0) is 18.3. The maximum atomic E-state index is 4.82. The minimum Gasteiger partial charge on any atom is -0.340 e. The van der Waals surface area contributed by atoms with Crippen molar-refractivity contribution in [2.45, 2.75) is 34.1 Å². The maximum absolute atomic E-state index is 4.82. The van der Waals surface area contributed by atoms with Crippen LogP contribution in [0.4, 0.5) is 23.1 Å². The SMILES string of the molecule is Cc1cc(C)c(Nc2cc(C)nc(N3CCc4ccccc43)n2)c(C)c1. The van der Waals surface area contributed by atoms with E-state index in [-0.39, 0.29) is 0 Å². The molecular formula is C22H24N4. The highest BCUT2D eigenvalue weighted by Gasteiger charge is 2.22. The minimum atomic E-state index is 0.764. The third-order valence-corrected chi connectivity index (χ3v) is 4.90. The lowest BCUT2D eigenvalue weighted by atomic mass is 10.1. The molecule has 0 unspecified atom stereocenters. The lowest BCUT2D eigenvalue weighted by Crippen LogP contribution is -2.17. The lowest BCUT2D eigenvalue weighted by molar-refractivity contribution is 0.931. The van der Waals surface area contributed by atoms with Crippen LogP contribution in [0, 0.1) is 27.7 Å². The summed E-state index contributed by atoms with van der Waals surface area (Å²) in [5.74, 6) is 1.60. The summed E-state index contributed by atoms with van der Waals surface area (Å²) in [5, 5.41) is 3.52. The highest BCUT2D eigenvalue weighted by molar-refractivity contribution is 5.69. The van der Waals surface area contributed by atoms with Gasteiger partial charge in [-0.25, -0.2) is 4.98 Å². The Balaban J connectivity index is 1.70. The molecular weight excluding hydrogens is 320 g/mol. The third kappa shape index (κ3) is 3.03. The van der Waals surface area contributed by atoms with E-state index in [1.54, 1.807) is 0 Å². The number of para-hydroxylation sites is 1. The number of nitrogens with one attached hydrogen (secondary N) is 1. The second-order valence-electron chi connectivity index (χ2n) is 7.12. The molecule has 1 aliphatic rings. The van der Waals surface area contributed by atoms with Gasteiger partial charge in [0, 0.05) is 29.7 Å². The van der Waals surface area contributed by atoms with E-state index < -0.39 is 0 Å². The highest BCUT2D eigenvalue weighted by Crippen LogP contribution is 2.33. The van der Waals surface area contributed by atoms with E-state index in [1.807, 2.05) is 13.0 Å². The van der Waals surface area contributed by atoms with Gasteiger partial charge in [-0.05, 0) is 56.9 Å². The molecule has 3 aromatic rings. The Morgan fingerprint density at radius 2 is 1.65 bits per heavy atom. The van der Waals surface area contributed by atoms with Crippen molar-refractivity contribution in [2.24, 2.45) is 0 Å². The molecule has 2 heterocycles. The topological polar surface area (TPSA) is 41.1 Å². The fourth-order valence-electron chi connectivity index (χ4n) is 3.79. The number of rotatable bonds is 3. The van der Waals surface area contributed by atoms with Crippen molar-refractivity contribution in [2.75, 3.05) is 16.8 Å². The summed E-state index contributed by atoms with van der Waals surface area (Å²) in [4.78, 5) is 11.7. The van der Waals surface area contributed by atoms with E-state index in [0.29, 0.717) is 0 Å². The summed E-state index contributed by atoms with van der Waals surface area (Å²) in [5.41, 5.74) is 8.40. The van der Waals surface area contributed by atoms with Gasteiger partial charge in [0.05, 0.1) is 0 Å². The van der Waals surface area contributed by atoms with Crippen molar-refractivity contribution in [1.29, 1.82) is 0 Å². The van der Waals surface area contributed by atoms with Crippen LogP contribution in [-0.2, 0) is 6.42 Å². The standard InChI is InChI=1S/C22H24N4/c1-14-11-15(2)21(16(3)12-14)24-20-13-17(4)23-22(25-20)26-10-9-18-7-5-6-8-19(18)26/h5-8,11-13H,9-10H2,1-4H3,(H,23,24,25). The summed E-state index contributed by atoms with van der Waals surface area (Å²) in [7, 11) is 0. The summed E-state index contributed by atoms with van der Waals surface area (Å²) in [6.45, 7) is 9.33. The monoisotopic (exact) mass is 344 g/mol. The normalized spacial score (nSPS) is 13.0. The van der Waals surface area contributed by atoms with Crippen molar-refractivity contribution in [1.82, 2.24) is 9.97 Å². The third-order valence-electron chi connectivity index (χ3n) is 4.90. The smallest absolute Gasteiger partial charge is 0.232 e. The fourth-order valence-corrected chi connectivity index (χ4v) is 3.79. The second kappa shape index (κ2) is 6.45. The van der Waals surface area contributed by atoms with Gasteiger partial charge in [-0.1, -0.05) is 35.9 Å². The number of fused-ring (bicyclic) bond motifs is 1. The molecule has 1 aromatic heterocycles. The van der Waals surface area contributed by atoms with Crippen LogP contribution in [-0.4, -0.2) is 16.5 Å². The van der Waals surface area contributed by atoms with Crippen LogP contribution in [0.1, 0.15) is 27.9 Å². The summed E-state index contributed by atoms with van der Waals surface area (Å²) in [6, 6.07) is 14.9. The zero-order valence-corrected chi connectivity index (χ0v) is 15.8. The largest absolute Gasteiger partial charge is 0.340 e. The summed E-state index contributed by atoms with van der Waals surface area (Å²) >= 11 is 0. The molecule has 132 valence electrons. The maximum Gasteiger partial charge on any atom is 0.232 e. The van der Waals surface area contributed by atoms with Crippen molar-refractivity contribution in [3.05, 3.63) is 70.4 Å². The van der Waals surface area contributed by atoms with Crippen molar-refractivity contribution < 1.29 is 0 Å². The zero-order valence-electron chi connectivity index (χ0n) is 15.8. The van der Waals surface area contributed by atoms with Crippen LogP contribution in [0.25, 0.3) is 0 Å². The van der Waals surface area contributed by atoms with Gasteiger partial charge in [-0.3, -0.25) is 0 Å². The van der Waals surface area contributed by atoms with Gasteiger partial charge in [0.25, 0.3) is 0 Å². The first kappa shape index (κ1) is 16.6. The molecule has 26 heavy (non-hydrogen) atoms. The van der Waals surface area contributed by atoms with E-state index in [1.165, 1.54) is 27.9 Å². The molecule has 0 saturated heterocycles. The average molecular weight is 344 g/mol. The Morgan fingerprint density at radius 3 is 2.42 bits per heavy atom. The van der Waals surface area contributed by atoms with E-state index in [2.05, 4.69) is 67.4 Å². The quantitative estimate of drug-likeness (QED) is 0.713. The molecule has 0 radical (unpaired) electrons. The molecule has 0 amide bonds. The predicted molar refractivity (Wildman–Crippen MR) is 108 cm³/mol. The molecule has 0 bridgehead atoms. The lowest BCUT2D eigenvalue weighted by Gasteiger charge is -2.19. The molecule has 2 aromatic carbocycles. The number of hydrogen-bond donors (Lipinski definition) is 1. The first-order valence-electron chi connectivity index (χ1n) is 9.07. The molecule has 1 aliphatic heterocycles. The van der Waals surface area contributed by atoms with Gasteiger partial charge in [-0.2, -0.15) is 4.98 Å². The molecule has 0 spiro atoms. The number of hydrogen-bond acceptors (Lipinski definition) is 4. The van der Waals surface area contributed by atoms with Crippen LogP contribution in [0.15, 0.2) is 42.5 Å². The van der Waals surface area contributed by atoms with Gasteiger partial charge < -0.3 is 10.2 Å². The number of benzene rings is 2. The minimum absolute atomic E-state index is 0.764. The number of aryl methyl sites for hydroxylation is 4. The van der Waals surface area contributed by atoms with Crippen LogP contribution < -0.4 is 10.2 Å². The van der Waals surface area contributed by atoms with Crippen molar-refractivity contribution >= 4 is 23.1 Å². The Morgan fingerprint density at radius 1 is 0.923 bits per heavy atom. The van der Waals surface area contributed by atoms with Crippen LogP contribution in [0.2, 0.25) is 0 Å². The molecule has 1 N–H and O–H groups in total. The van der Waals surface area contributed by atoms with E-state index in [4.69, 9.17) is 9.97 Å². The predicted octanol–water partition coefficient (Wildman–Crippen LogP) is 5.15. The van der Waals surface area contributed by atoms with Gasteiger partial charge in [0.1, 0.15) is 5.82 Å². The van der Waals surface area contributed by atoms with Gasteiger partial charge in [0.15, 0.2) is 0 Å². The fraction of sp³-hybridized carbons (Fsp3) is 0.273. The van der Waals surface area contributed by atoms with E-state index in [9.17, 15) is 0 Å². The molecule has 0 fully saturated rings.